The molecule has 0 spiro atoms. The molecule has 1 aromatic carbocycles. The summed E-state index contributed by atoms with van der Waals surface area (Å²) in [5.41, 5.74) is 2.13. The van der Waals surface area contributed by atoms with E-state index in [1.165, 1.54) is 12.1 Å². The highest BCUT2D eigenvalue weighted by molar-refractivity contribution is 5.96. The highest BCUT2D eigenvalue weighted by Crippen LogP contribution is 2.34. The van der Waals surface area contributed by atoms with Crippen molar-refractivity contribution in [2.24, 2.45) is 0 Å². The number of aromatic nitrogens is 1. The van der Waals surface area contributed by atoms with Crippen molar-refractivity contribution >= 4 is 5.91 Å². The highest BCUT2D eigenvalue weighted by Gasteiger charge is 2.33. The Bertz CT molecular complexity index is 644. The third-order valence-corrected chi connectivity index (χ3v) is 4.02. The van der Waals surface area contributed by atoms with Crippen molar-refractivity contribution < 1.29 is 13.7 Å². The molecule has 1 aliphatic heterocycles. The molecule has 2 heterocycles. The predicted octanol–water partition coefficient (Wildman–Crippen LogP) is 3.41. The molecule has 21 heavy (non-hydrogen) atoms. The number of rotatable bonds is 2. The van der Waals surface area contributed by atoms with Gasteiger partial charge in [0.15, 0.2) is 0 Å². The number of amides is 1. The van der Waals surface area contributed by atoms with Gasteiger partial charge >= 0.3 is 0 Å². The maximum atomic E-state index is 13.1. The van der Waals surface area contributed by atoms with E-state index in [2.05, 4.69) is 5.16 Å². The van der Waals surface area contributed by atoms with Gasteiger partial charge in [-0.25, -0.2) is 4.39 Å². The summed E-state index contributed by atoms with van der Waals surface area (Å²) in [6, 6.07) is 6.36. The molecule has 0 aliphatic carbocycles. The minimum atomic E-state index is -0.264. The Kier molecular flexibility index (Phi) is 3.49. The minimum absolute atomic E-state index is 0.00759. The van der Waals surface area contributed by atoms with Gasteiger partial charge in [-0.15, -0.1) is 0 Å². The second-order valence-corrected chi connectivity index (χ2v) is 5.41. The average molecular weight is 288 g/mol. The van der Waals surface area contributed by atoms with Crippen LogP contribution in [0.25, 0.3) is 0 Å². The van der Waals surface area contributed by atoms with E-state index in [1.807, 2.05) is 4.90 Å². The number of carbonyl (C=O) groups excluding carboxylic acids is 1. The van der Waals surface area contributed by atoms with Crippen LogP contribution in [-0.2, 0) is 0 Å². The Balaban J connectivity index is 1.90. The number of benzene rings is 1. The van der Waals surface area contributed by atoms with Crippen LogP contribution in [0.1, 0.15) is 46.3 Å². The number of hydrogen-bond acceptors (Lipinski definition) is 3. The van der Waals surface area contributed by atoms with Crippen LogP contribution in [0.4, 0.5) is 4.39 Å². The van der Waals surface area contributed by atoms with E-state index in [4.69, 9.17) is 4.52 Å². The van der Waals surface area contributed by atoms with Gasteiger partial charge < -0.3 is 9.42 Å². The van der Waals surface area contributed by atoms with Crippen molar-refractivity contribution in [2.45, 2.75) is 32.7 Å². The molecule has 3 rings (SSSR count). The van der Waals surface area contributed by atoms with E-state index in [0.717, 1.165) is 18.4 Å². The minimum Gasteiger partial charge on any atom is -0.361 e. The third-order valence-electron chi connectivity index (χ3n) is 4.02. The molecule has 110 valence electrons. The van der Waals surface area contributed by atoms with Crippen LogP contribution in [0, 0.1) is 19.7 Å². The van der Waals surface area contributed by atoms with E-state index < -0.39 is 0 Å². The fourth-order valence-corrected chi connectivity index (χ4v) is 2.97. The monoisotopic (exact) mass is 288 g/mol. The molecule has 1 aliphatic rings. The van der Waals surface area contributed by atoms with Crippen molar-refractivity contribution in [3.05, 3.63) is 52.7 Å². The van der Waals surface area contributed by atoms with Gasteiger partial charge in [-0.2, -0.15) is 0 Å². The maximum absolute atomic E-state index is 13.1. The van der Waals surface area contributed by atoms with Crippen LogP contribution in [0.15, 0.2) is 28.8 Å². The molecule has 5 heteroatoms. The summed E-state index contributed by atoms with van der Waals surface area (Å²) in [5, 5.41) is 3.85. The number of nitrogens with zero attached hydrogens (tertiary/aromatic N) is 2. The van der Waals surface area contributed by atoms with E-state index in [1.54, 1.807) is 26.0 Å². The predicted molar refractivity (Wildman–Crippen MR) is 75.4 cm³/mol. The largest absolute Gasteiger partial charge is 0.361 e. The van der Waals surface area contributed by atoms with Crippen molar-refractivity contribution in [3.63, 3.8) is 0 Å². The summed E-state index contributed by atoms with van der Waals surface area (Å²) >= 11 is 0. The highest BCUT2D eigenvalue weighted by atomic mass is 19.1. The molecule has 1 aromatic heterocycles. The van der Waals surface area contributed by atoms with Crippen LogP contribution in [0.5, 0.6) is 0 Å². The summed E-state index contributed by atoms with van der Waals surface area (Å²) in [6.07, 6.45) is 1.83. The lowest BCUT2D eigenvalue weighted by molar-refractivity contribution is 0.0733. The van der Waals surface area contributed by atoms with E-state index in [0.29, 0.717) is 23.6 Å². The summed E-state index contributed by atoms with van der Waals surface area (Å²) in [7, 11) is 0. The zero-order valence-corrected chi connectivity index (χ0v) is 12.1. The van der Waals surface area contributed by atoms with Gasteiger partial charge in [-0.05, 0) is 44.4 Å². The molecule has 2 aromatic rings. The van der Waals surface area contributed by atoms with Crippen LogP contribution >= 0.6 is 0 Å². The molecule has 4 nitrogen and oxygen atoms in total. The van der Waals surface area contributed by atoms with E-state index in [-0.39, 0.29) is 17.8 Å². The van der Waals surface area contributed by atoms with Crippen molar-refractivity contribution in [1.82, 2.24) is 10.1 Å². The topological polar surface area (TPSA) is 46.3 Å². The average Bonchev–Trinajstić information content (AvgIpc) is 3.07. The fraction of sp³-hybridized carbons (Fsp3) is 0.375. The first-order chi connectivity index (χ1) is 10.1. The Morgan fingerprint density at radius 2 is 2.05 bits per heavy atom. The molecule has 0 radical (unpaired) electrons. The molecule has 1 saturated heterocycles. The number of carbonyl (C=O) groups is 1. The van der Waals surface area contributed by atoms with Gasteiger partial charge in [0.2, 0.25) is 0 Å². The van der Waals surface area contributed by atoms with Crippen LogP contribution in [0.2, 0.25) is 0 Å². The molecular formula is C16H17FN2O2. The normalized spacial score (nSPS) is 18.2. The molecule has 0 N–H and O–H groups in total. The lowest BCUT2D eigenvalue weighted by Crippen LogP contribution is -2.31. The fourth-order valence-electron chi connectivity index (χ4n) is 2.97. The Morgan fingerprint density at radius 3 is 2.67 bits per heavy atom. The second-order valence-electron chi connectivity index (χ2n) is 5.41. The number of halogens is 1. The standard InChI is InChI=1S/C16H17FN2O2/c1-10-15(11(2)21-18-10)16(20)19-9-3-4-14(19)12-5-7-13(17)8-6-12/h5-8,14H,3-4,9H2,1-2H3/t14-/m1/s1. The molecule has 0 bridgehead atoms. The zero-order chi connectivity index (χ0) is 15.0. The molecule has 1 fully saturated rings. The van der Waals surface area contributed by atoms with Crippen molar-refractivity contribution in [1.29, 1.82) is 0 Å². The summed E-state index contributed by atoms with van der Waals surface area (Å²) in [6.45, 7) is 4.22. The summed E-state index contributed by atoms with van der Waals surface area (Å²) < 4.78 is 18.1. The Labute approximate surface area is 122 Å². The Morgan fingerprint density at radius 1 is 1.33 bits per heavy atom. The molecule has 1 atom stereocenters. The molecule has 0 unspecified atom stereocenters. The first-order valence-electron chi connectivity index (χ1n) is 7.07. The zero-order valence-electron chi connectivity index (χ0n) is 12.1. The molecule has 0 saturated carbocycles. The molecule has 1 amide bonds. The van der Waals surface area contributed by atoms with Crippen LogP contribution < -0.4 is 0 Å². The Hall–Kier alpha value is -2.17. The molecular weight excluding hydrogens is 271 g/mol. The number of likely N-dealkylation sites (tertiary alicyclic amines) is 1. The third kappa shape index (κ3) is 2.44. The van der Waals surface area contributed by atoms with E-state index >= 15 is 0 Å². The number of hydrogen-bond donors (Lipinski definition) is 0. The van der Waals surface area contributed by atoms with Crippen LogP contribution in [-0.4, -0.2) is 22.5 Å². The van der Waals surface area contributed by atoms with E-state index in [9.17, 15) is 9.18 Å². The van der Waals surface area contributed by atoms with Gasteiger partial charge in [-0.3, -0.25) is 4.79 Å². The van der Waals surface area contributed by atoms with Gasteiger partial charge in [0, 0.05) is 6.54 Å². The quantitative estimate of drug-likeness (QED) is 0.850. The maximum Gasteiger partial charge on any atom is 0.259 e. The second kappa shape index (κ2) is 5.31. The van der Waals surface area contributed by atoms with Crippen molar-refractivity contribution in [3.8, 4) is 0 Å². The summed E-state index contributed by atoms with van der Waals surface area (Å²) in [5.74, 6) is 0.223. The van der Waals surface area contributed by atoms with Crippen molar-refractivity contribution in [2.75, 3.05) is 6.54 Å². The van der Waals surface area contributed by atoms with Gasteiger partial charge in [-0.1, -0.05) is 17.3 Å². The van der Waals surface area contributed by atoms with Crippen LogP contribution in [0.3, 0.4) is 0 Å². The lowest BCUT2D eigenvalue weighted by atomic mass is 10.0. The van der Waals surface area contributed by atoms with Gasteiger partial charge in [0.05, 0.1) is 11.7 Å². The van der Waals surface area contributed by atoms with Gasteiger partial charge in [0.1, 0.15) is 17.1 Å². The lowest BCUT2D eigenvalue weighted by Gasteiger charge is -2.25. The smallest absolute Gasteiger partial charge is 0.259 e. The first-order valence-corrected chi connectivity index (χ1v) is 7.07. The van der Waals surface area contributed by atoms with Gasteiger partial charge in [0.25, 0.3) is 5.91 Å². The first kappa shape index (κ1) is 13.8. The number of aryl methyl sites for hydroxylation is 2. The summed E-state index contributed by atoms with van der Waals surface area (Å²) in [4.78, 5) is 14.6. The SMILES string of the molecule is Cc1noc(C)c1C(=O)N1CCC[C@@H]1c1ccc(F)cc1.